The van der Waals surface area contributed by atoms with E-state index in [-0.39, 0.29) is 15.0 Å². The van der Waals surface area contributed by atoms with Gasteiger partial charge in [-0.05, 0) is 18.1 Å². The van der Waals surface area contributed by atoms with Crippen LogP contribution in [0.15, 0.2) is 24.3 Å². The predicted octanol–water partition coefficient (Wildman–Crippen LogP) is 3.80. The molecule has 0 saturated heterocycles. The molecule has 1 atom stereocenters. The normalized spacial score (nSPS) is 25.4. The van der Waals surface area contributed by atoms with Gasteiger partial charge in [-0.1, -0.05) is 50.1 Å². The van der Waals surface area contributed by atoms with Gasteiger partial charge < -0.3 is 0 Å². The maximum atomic E-state index is 13.2. The van der Waals surface area contributed by atoms with E-state index in [4.69, 9.17) is 0 Å². The summed E-state index contributed by atoms with van der Waals surface area (Å²) in [6, 6.07) is 6.92. The molecule has 0 spiro atoms. The van der Waals surface area contributed by atoms with E-state index in [2.05, 4.69) is 31.9 Å². The zero-order valence-corrected chi connectivity index (χ0v) is 9.40. The van der Waals surface area contributed by atoms with Crippen molar-refractivity contribution in [2.75, 3.05) is 0 Å². The minimum absolute atomic E-state index is 0.0534. The Labute approximate surface area is 87.4 Å². The lowest BCUT2D eigenvalue weighted by Gasteiger charge is -2.01. The van der Waals surface area contributed by atoms with Gasteiger partial charge in [-0.3, -0.25) is 0 Å². The Morgan fingerprint density at radius 1 is 1.33 bits per heavy atom. The summed E-state index contributed by atoms with van der Waals surface area (Å²) in [6.45, 7) is 0. The SMILES string of the molecule is Fc1ccccc1C1CC1(Br)Br. The van der Waals surface area contributed by atoms with Gasteiger partial charge in [-0.15, -0.1) is 0 Å². The highest BCUT2D eigenvalue weighted by Crippen LogP contribution is 2.62. The lowest BCUT2D eigenvalue weighted by molar-refractivity contribution is 0.611. The summed E-state index contributed by atoms with van der Waals surface area (Å²) in [4.78, 5) is 0. The van der Waals surface area contributed by atoms with Crippen molar-refractivity contribution in [1.29, 1.82) is 0 Å². The molecule has 0 amide bonds. The summed E-state index contributed by atoms with van der Waals surface area (Å²) >= 11 is 6.95. The van der Waals surface area contributed by atoms with Crippen molar-refractivity contribution in [1.82, 2.24) is 0 Å². The predicted molar refractivity (Wildman–Crippen MR) is 54.3 cm³/mol. The van der Waals surface area contributed by atoms with Crippen LogP contribution in [0.1, 0.15) is 17.9 Å². The summed E-state index contributed by atoms with van der Waals surface area (Å²) in [7, 11) is 0. The lowest BCUT2D eigenvalue weighted by atomic mass is 10.1. The zero-order valence-electron chi connectivity index (χ0n) is 6.23. The van der Waals surface area contributed by atoms with Crippen LogP contribution in [0, 0.1) is 5.82 Å². The fourth-order valence-corrected chi connectivity index (χ4v) is 2.45. The molecule has 1 saturated carbocycles. The molecule has 0 nitrogen and oxygen atoms in total. The Morgan fingerprint density at radius 2 is 1.92 bits per heavy atom. The molecule has 1 unspecified atom stereocenters. The molecule has 0 aromatic heterocycles. The molecular formula is C9H7Br2F. The number of rotatable bonds is 1. The van der Waals surface area contributed by atoms with Gasteiger partial charge in [-0.2, -0.15) is 0 Å². The van der Waals surface area contributed by atoms with Crippen LogP contribution in [-0.4, -0.2) is 3.23 Å². The fraction of sp³-hybridized carbons (Fsp3) is 0.333. The van der Waals surface area contributed by atoms with E-state index in [1.807, 2.05) is 12.1 Å². The zero-order chi connectivity index (χ0) is 8.77. The summed E-state index contributed by atoms with van der Waals surface area (Å²) in [5.41, 5.74) is 0.797. The summed E-state index contributed by atoms with van der Waals surface area (Å²) in [6.07, 6.45) is 0.952. The third-order valence-corrected chi connectivity index (χ3v) is 3.86. The van der Waals surface area contributed by atoms with Crippen LogP contribution in [0.4, 0.5) is 4.39 Å². The maximum Gasteiger partial charge on any atom is 0.126 e. The van der Waals surface area contributed by atoms with E-state index in [9.17, 15) is 4.39 Å². The summed E-state index contributed by atoms with van der Waals surface area (Å²) in [5, 5.41) is 0. The van der Waals surface area contributed by atoms with Crippen LogP contribution in [0.5, 0.6) is 0 Å². The molecule has 0 aliphatic heterocycles. The molecule has 1 aliphatic carbocycles. The van der Waals surface area contributed by atoms with Gasteiger partial charge in [0.2, 0.25) is 0 Å². The van der Waals surface area contributed by atoms with Crippen molar-refractivity contribution in [2.24, 2.45) is 0 Å². The first-order chi connectivity index (χ1) is 5.61. The summed E-state index contributed by atoms with van der Waals surface area (Å²) in [5.74, 6) is 0.168. The van der Waals surface area contributed by atoms with Gasteiger partial charge in [0.15, 0.2) is 0 Å². The second kappa shape index (κ2) is 2.81. The molecule has 1 aromatic carbocycles. The number of halogens is 3. The third-order valence-electron chi connectivity index (χ3n) is 2.11. The molecule has 2 rings (SSSR count). The second-order valence-electron chi connectivity index (χ2n) is 3.04. The van der Waals surface area contributed by atoms with E-state index in [1.165, 1.54) is 6.07 Å². The first-order valence-electron chi connectivity index (χ1n) is 3.73. The number of hydrogen-bond donors (Lipinski definition) is 0. The molecule has 1 aliphatic rings. The summed E-state index contributed by atoms with van der Waals surface area (Å²) < 4.78 is 13.1. The van der Waals surface area contributed by atoms with Crippen molar-refractivity contribution < 1.29 is 4.39 Å². The smallest absolute Gasteiger partial charge is 0.126 e. The minimum Gasteiger partial charge on any atom is -0.207 e. The number of benzene rings is 1. The maximum absolute atomic E-state index is 13.2. The highest BCUT2D eigenvalue weighted by atomic mass is 79.9. The van der Waals surface area contributed by atoms with Crippen LogP contribution in [-0.2, 0) is 0 Å². The van der Waals surface area contributed by atoms with Crippen LogP contribution in [0.3, 0.4) is 0 Å². The number of hydrogen-bond acceptors (Lipinski definition) is 0. The first kappa shape index (κ1) is 8.70. The Hall–Kier alpha value is 0.110. The van der Waals surface area contributed by atoms with Crippen molar-refractivity contribution in [2.45, 2.75) is 15.6 Å². The lowest BCUT2D eigenvalue weighted by Crippen LogP contribution is -1.91. The molecule has 64 valence electrons. The quantitative estimate of drug-likeness (QED) is 0.691. The Bertz CT molecular complexity index is 309. The van der Waals surface area contributed by atoms with Crippen molar-refractivity contribution in [3.63, 3.8) is 0 Å². The topological polar surface area (TPSA) is 0 Å². The molecule has 0 heterocycles. The van der Waals surface area contributed by atoms with Crippen LogP contribution >= 0.6 is 31.9 Å². The highest BCUT2D eigenvalue weighted by Gasteiger charge is 2.51. The Morgan fingerprint density at radius 3 is 2.42 bits per heavy atom. The second-order valence-corrected chi connectivity index (χ2v) is 6.93. The number of alkyl halides is 2. The Balaban J connectivity index is 2.31. The van der Waals surface area contributed by atoms with E-state index >= 15 is 0 Å². The van der Waals surface area contributed by atoms with Gasteiger partial charge in [-0.25, -0.2) is 4.39 Å². The van der Waals surface area contributed by atoms with Crippen LogP contribution in [0.25, 0.3) is 0 Å². The molecule has 1 fully saturated rings. The molecule has 3 heteroatoms. The molecule has 0 radical (unpaired) electrons. The standard InChI is InChI=1S/C9H7Br2F/c10-9(11)5-7(9)6-3-1-2-4-8(6)12/h1-4,7H,5H2. The molecule has 0 bridgehead atoms. The molecular weight excluding hydrogens is 287 g/mol. The Kier molecular flexibility index (Phi) is 2.04. The minimum atomic E-state index is -0.108. The van der Waals surface area contributed by atoms with Gasteiger partial charge in [0.1, 0.15) is 5.82 Å². The monoisotopic (exact) mass is 292 g/mol. The highest BCUT2D eigenvalue weighted by molar-refractivity contribution is 9.25. The fourth-order valence-electron chi connectivity index (χ4n) is 1.31. The van der Waals surface area contributed by atoms with Crippen LogP contribution in [0.2, 0.25) is 0 Å². The van der Waals surface area contributed by atoms with E-state index in [1.54, 1.807) is 6.07 Å². The largest absolute Gasteiger partial charge is 0.207 e. The van der Waals surface area contributed by atoms with Gasteiger partial charge in [0, 0.05) is 5.92 Å². The average molecular weight is 294 g/mol. The average Bonchev–Trinajstić information content (AvgIpc) is 2.61. The van der Waals surface area contributed by atoms with Crippen molar-refractivity contribution in [3.8, 4) is 0 Å². The third kappa shape index (κ3) is 1.44. The van der Waals surface area contributed by atoms with E-state index < -0.39 is 0 Å². The van der Waals surface area contributed by atoms with E-state index in [0.717, 1.165) is 12.0 Å². The molecule has 0 N–H and O–H groups in total. The molecule has 1 aromatic rings. The first-order valence-corrected chi connectivity index (χ1v) is 5.32. The van der Waals surface area contributed by atoms with Gasteiger partial charge >= 0.3 is 0 Å². The van der Waals surface area contributed by atoms with Crippen molar-refractivity contribution >= 4 is 31.9 Å². The van der Waals surface area contributed by atoms with Gasteiger partial charge in [0.05, 0.1) is 3.23 Å². The van der Waals surface area contributed by atoms with Crippen LogP contribution < -0.4 is 0 Å². The van der Waals surface area contributed by atoms with Gasteiger partial charge in [0.25, 0.3) is 0 Å². The van der Waals surface area contributed by atoms with E-state index in [0.29, 0.717) is 0 Å². The molecule has 12 heavy (non-hydrogen) atoms. The van der Waals surface area contributed by atoms with Crippen molar-refractivity contribution in [3.05, 3.63) is 35.6 Å².